The molecule has 6 N–H and O–H groups in total. The van der Waals surface area contributed by atoms with Gasteiger partial charge in [-0.25, -0.2) is 9.97 Å². The first-order valence-corrected chi connectivity index (χ1v) is 14.1. The first-order valence-electron chi connectivity index (χ1n) is 14.1. The normalized spacial score (nSPS) is 11.9. The number of carbonyl (C=O) groups is 4. The Kier molecular flexibility index (Phi) is 14.1. The van der Waals surface area contributed by atoms with E-state index in [1.165, 1.54) is 5.57 Å². The van der Waals surface area contributed by atoms with Crippen molar-refractivity contribution in [3.05, 3.63) is 89.2 Å². The molecule has 0 saturated heterocycles. The third-order valence-electron chi connectivity index (χ3n) is 5.62. The summed E-state index contributed by atoms with van der Waals surface area (Å²) < 4.78 is 0. The molecule has 0 aromatic carbocycles. The van der Waals surface area contributed by atoms with Gasteiger partial charge in [-0.1, -0.05) is 6.08 Å². The molecule has 3 aliphatic rings. The highest BCUT2D eigenvalue weighted by Crippen LogP contribution is 2.29. The minimum atomic E-state index is -0.833. The third kappa shape index (κ3) is 13.9. The van der Waals surface area contributed by atoms with Crippen LogP contribution in [-0.4, -0.2) is 82.7 Å². The summed E-state index contributed by atoms with van der Waals surface area (Å²) in [5.41, 5.74) is 10.1. The Morgan fingerprint density at radius 1 is 0.638 bits per heavy atom. The van der Waals surface area contributed by atoms with E-state index in [-0.39, 0.29) is 0 Å². The molecule has 0 radical (unpaired) electrons. The van der Waals surface area contributed by atoms with E-state index in [9.17, 15) is 0 Å². The third-order valence-corrected chi connectivity index (χ3v) is 5.62. The first-order chi connectivity index (χ1) is 22.1. The SMILES string of the molecule is CC(=O)O.CC(=O)O.CC(=O)O.CC(=O)O.CN1C=CC(c2c3nc(cc4ccc(cc5nc(cc6ccc2[nH]6)C=C5)[nH]4)C=C3)=CC1. The zero-order valence-corrected chi connectivity index (χ0v) is 26.6. The second-order valence-electron chi connectivity index (χ2n) is 10.0. The van der Waals surface area contributed by atoms with Crippen molar-refractivity contribution < 1.29 is 39.6 Å². The predicted octanol–water partition coefficient (Wildman–Crippen LogP) is 5.86. The number of H-pyrrole nitrogens is 2. The van der Waals surface area contributed by atoms with Gasteiger partial charge in [0.2, 0.25) is 0 Å². The molecule has 6 heterocycles. The number of fused-ring (bicyclic) bond motifs is 8. The monoisotopic (exact) mass is 643 g/mol. The molecule has 8 bridgehead atoms. The molecule has 0 saturated carbocycles. The van der Waals surface area contributed by atoms with Crippen LogP contribution in [0.5, 0.6) is 0 Å². The molecule has 0 aliphatic carbocycles. The number of allylic oxidation sites excluding steroid dienone is 2. The van der Waals surface area contributed by atoms with Crippen LogP contribution < -0.4 is 0 Å². The quantitative estimate of drug-likeness (QED) is 0.127. The number of hydrogen-bond donors (Lipinski definition) is 6. The summed E-state index contributed by atoms with van der Waals surface area (Å²) in [5.74, 6) is -3.33. The standard InChI is InChI=1S/C26H21N5.4C2H4O2/c1-31-12-10-17(11-13-31)26-24-8-6-22(29-24)15-20-4-2-18(27-20)14-19-3-5-21(28-19)16-23-7-9-25(26)30-23;4*1-2(3)4/h2-12,14-16,27,30H,13H2,1H3;4*1H3,(H,3,4). The maximum Gasteiger partial charge on any atom is 0.300 e. The predicted molar refractivity (Wildman–Crippen MR) is 182 cm³/mol. The van der Waals surface area contributed by atoms with Gasteiger partial charge >= 0.3 is 0 Å². The average Bonchev–Trinajstić information content (AvgIpc) is 3.75. The first kappa shape index (κ1) is 36.9. The van der Waals surface area contributed by atoms with Crippen molar-refractivity contribution in [3.8, 4) is 0 Å². The molecule has 3 aliphatic heterocycles. The van der Waals surface area contributed by atoms with E-state index in [0.29, 0.717) is 0 Å². The van der Waals surface area contributed by atoms with Crippen molar-refractivity contribution in [3.63, 3.8) is 0 Å². The molecule has 0 fully saturated rings. The van der Waals surface area contributed by atoms with Crippen molar-refractivity contribution in [2.24, 2.45) is 0 Å². The second-order valence-corrected chi connectivity index (χ2v) is 10.0. The lowest BCUT2D eigenvalue weighted by atomic mass is 10.0. The van der Waals surface area contributed by atoms with Gasteiger partial charge in [0.1, 0.15) is 0 Å². The zero-order chi connectivity index (χ0) is 35.1. The van der Waals surface area contributed by atoms with E-state index < -0.39 is 23.9 Å². The number of nitrogens with zero attached hydrogens (tertiary/aromatic N) is 3. The molecular formula is C34H37N5O8. The lowest BCUT2D eigenvalue weighted by molar-refractivity contribution is -0.135. The highest BCUT2D eigenvalue weighted by molar-refractivity contribution is 5.91. The fraction of sp³-hybridized carbons (Fsp3) is 0.176. The van der Waals surface area contributed by atoms with Gasteiger partial charge in [0, 0.05) is 68.9 Å². The minimum Gasteiger partial charge on any atom is -0.481 e. The Bertz CT molecular complexity index is 1830. The maximum absolute atomic E-state index is 9.00. The molecule has 13 nitrogen and oxygen atoms in total. The molecule has 0 unspecified atom stereocenters. The van der Waals surface area contributed by atoms with Crippen molar-refractivity contribution in [1.29, 1.82) is 0 Å². The van der Waals surface area contributed by atoms with E-state index in [2.05, 4.69) is 94.9 Å². The van der Waals surface area contributed by atoms with E-state index in [1.807, 2.05) is 12.2 Å². The van der Waals surface area contributed by atoms with Gasteiger partial charge in [-0.05, 0) is 84.6 Å². The summed E-state index contributed by atoms with van der Waals surface area (Å²) >= 11 is 0. The minimum absolute atomic E-state index is 0.833. The molecule has 3 aromatic rings. The molecule has 13 heteroatoms. The summed E-state index contributed by atoms with van der Waals surface area (Å²) in [5, 5.41) is 29.7. The second kappa shape index (κ2) is 17.9. The number of likely N-dealkylation sites (N-methyl/N-ethyl adjacent to an activating group) is 1. The fourth-order valence-electron chi connectivity index (χ4n) is 4.08. The molecule has 3 aromatic heterocycles. The summed E-state index contributed by atoms with van der Waals surface area (Å²) in [4.78, 5) is 54.8. The van der Waals surface area contributed by atoms with Gasteiger partial charge in [-0.3, -0.25) is 19.2 Å². The molecule has 0 spiro atoms. The Labute approximate surface area is 270 Å². The fourth-order valence-corrected chi connectivity index (χ4v) is 4.08. The van der Waals surface area contributed by atoms with Gasteiger partial charge in [-0.2, -0.15) is 0 Å². The van der Waals surface area contributed by atoms with Crippen LogP contribution in [0.15, 0.2) is 60.8 Å². The number of carboxylic acids is 4. The van der Waals surface area contributed by atoms with Crippen molar-refractivity contribution in [2.75, 3.05) is 13.6 Å². The topological polar surface area (TPSA) is 210 Å². The Morgan fingerprint density at radius 2 is 1.06 bits per heavy atom. The van der Waals surface area contributed by atoms with E-state index >= 15 is 0 Å². The highest BCUT2D eigenvalue weighted by atomic mass is 16.4. The van der Waals surface area contributed by atoms with E-state index in [1.54, 1.807) is 0 Å². The number of aromatic nitrogens is 4. The van der Waals surface area contributed by atoms with Gasteiger partial charge in [0.05, 0.1) is 22.8 Å². The molecular weight excluding hydrogens is 606 g/mol. The van der Waals surface area contributed by atoms with Gasteiger partial charge in [-0.15, -0.1) is 0 Å². The lowest BCUT2D eigenvalue weighted by Crippen LogP contribution is -2.13. The molecule has 0 atom stereocenters. The Balaban J connectivity index is 0.000000405. The number of rotatable bonds is 1. The van der Waals surface area contributed by atoms with Gasteiger partial charge in [0.15, 0.2) is 0 Å². The summed E-state index contributed by atoms with van der Waals surface area (Å²) in [6.07, 6.45) is 14.7. The Hall–Kier alpha value is -6.24. The van der Waals surface area contributed by atoms with Crippen molar-refractivity contribution in [1.82, 2.24) is 24.8 Å². The van der Waals surface area contributed by atoms with Gasteiger partial charge in [0.25, 0.3) is 23.9 Å². The van der Waals surface area contributed by atoms with Crippen LogP contribution in [0.1, 0.15) is 56.0 Å². The number of hydrogen-bond acceptors (Lipinski definition) is 7. The van der Waals surface area contributed by atoms with Crippen LogP contribution in [-0.2, 0) is 19.2 Å². The van der Waals surface area contributed by atoms with Gasteiger partial charge < -0.3 is 35.3 Å². The molecule has 6 rings (SSSR count). The van der Waals surface area contributed by atoms with Crippen molar-refractivity contribution >= 4 is 75.8 Å². The van der Waals surface area contributed by atoms with Crippen molar-refractivity contribution in [2.45, 2.75) is 27.7 Å². The zero-order valence-electron chi connectivity index (χ0n) is 26.6. The number of aliphatic carboxylic acids is 4. The summed E-state index contributed by atoms with van der Waals surface area (Å²) in [6.45, 7) is 5.21. The smallest absolute Gasteiger partial charge is 0.300 e. The number of aromatic amines is 2. The van der Waals surface area contributed by atoms with Crippen LogP contribution in [0.3, 0.4) is 0 Å². The van der Waals surface area contributed by atoms with Crippen LogP contribution in [0.25, 0.3) is 51.9 Å². The summed E-state index contributed by atoms with van der Waals surface area (Å²) in [6, 6.07) is 14.5. The number of nitrogens with one attached hydrogen (secondary N) is 2. The number of carboxylic acid groups (broad SMARTS) is 4. The Morgan fingerprint density at radius 3 is 1.53 bits per heavy atom. The highest BCUT2D eigenvalue weighted by Gasteiger charge is 2.13. The van der Waals surface area contributed by atoms with Crippen LogP contribution in [0.4, 0.5) is 0 Å². The van der Waals surface area contributed by atoms with Crippen LogP contribution >= 0.6 is 0 Å². The lowest BCUT2D eigenvalue weighted by Gasteiger charge is -2.17. The van der Waals surface area contributed by atoms with E-state index in [4.69, 9.17) is 49.6 Å². The van der Waals surface area contributed by atoms with Crippen LogP contribution in [0, 0.1) is 0 Å². The summed E-state index contributed by atoms with van der Waals surface area (Å²) in [7, 11) is 2.08. The van der Waals surface area contributed by atoms with Crippen LogP contribution in [0.2, 0.25) is 0 Å². The molecule has 0 amide bonds. The average molecular weight is 644 g/mol. The maximum atomic E-state index is 9.00. The van der Waals surface area contributed by atoms with E-state index in [0.717, 1.165) is 84.6 Å². The molecule has 47 heavy (non-hydrogen) atoms. The molecule has 246 valence electrons. The largest absolute Gasteiger partial charge is 0.481 e.